The van der Waals surface area contributed by atoms with Crippen molar-refractivity contribution < 1.29 is 28.5 Å². The van der Waals surface area contributed by atoms with E-state index in [1.165, 1.54) is 5.69 Å². The first kappa shape index (κ1) is 10.2. The highest BCUT2D eigenvalue weighted by Gasteiger charge is 1.95. The van der Waals surface area contributed by atoms with Crippen LogP contribution in [0.15, 0.2) is 49.1 Å². The van der Waals surface area contributed by atoms with E-state index in [1.807, 2.05) is 48.5 Å². The normalized spacial score (nSPS) is 9.31. The fourth-order valence-electron chi connectivity index (χ4n) is 1.17. The zero-order valence-corrected chi connectivity index (χ0v) is 9.55. The molecule has 0 radical (unpaired) electrons. The molecule has 0 atom stereocenters. The Morgan fingerprint density at radius 1 is 1.08 bits per heavy atom. The van der Waals surface area contributed by atoms with Gasteiger partial charge in [-0.1, -0.05) is 0 Å². The number of aromatic nitrogens is 2. The maximum Gasteiger partial charge on any atom is 0.170 e. The highest BCUT2D eigenvalue weighted by Crippen LogP contribution is 2.03. The lowest BCUT2D eigenvalue weighted by molar-refractivity contribution is -0.671. The van der Waals surface area contributed by atoms with Crippen molar-refractivity contribution >= 4 is 0 Å². The van der Waals surface area contributed by atoms with Crippen LogP contribution < -0.4 is 28.5 Å². The lowest BCUT2D eigenvalue weighted by atomic mass is 10.4. The number of aryl methyl sites for hydroxylation is 1. The monoisotopic (exact) mass is 286 g/mol. The standard InChI is InChI=1S/C10H11N2.HI/c1-11-8-4-10(5-9-11)12-6-2-3-7-12;/h2-9H,1H3;1H/q+1;/p-1. The maximum atomic E-state index is 2.08. The molecule has 0 spiro atoms. The van der Waals surface area contributed by atoms with E-state index in [0.717, 1.165) is 0 Å². The summed E-state index contributed by atoms with van der Waals surface area (Å²) < 4.78 is 4.10. The summed E-state index contributed by atoms with van der Waals surface area (Å²) in [5.41, 5.74) is 1.19. The number of hydrogen-bond acceptors (Lipinski definition) is 0. The molecule has 0 aromatic carbocycles. The molecule has 2 aromatic heterocycles. The summed E-state index contributed by atoms with van der Waals surface area (Å²) in [5, 5.41) is 0. The van der Waals surface area contributed by atoms with Crippen LogP contribution in [-0.4, -0.2) is 4.57 Å². The van der Waals surface area contributed by atoms with Gasteiger partial charge in [0.1, 0.15) is 7.05 Å². The molecule has 0 fully saturated rings. The molecule has 0 unspecified atom stereocenters. The molecule has 2 aromatic rings. The fourth-order valence-corrected chi connectivity index (χ4v) is 1.17. The SMILES string of the molecule is C[n+]1ccc(-n2cccc2)cc1.[I-]. The first-order chi connectivity index (χ1) is 5.86. The third-order valence-corrected chi connectivity index (χ3v) is 1.86. The molecular formula is C10H11IN2. The van der Waals surface area contributed by atoms with Crippen LogP contribution in [0.5, 0.6) is 0 Å². The van der Waals surface area contributed by atoms with Crippen LogP contribution >= 0.6 is 0 Å². The van der Waals surface area contributed by atoms with Crippen molar-refractivity contribution in [3.63, 3.8) is 0 Å². The van der Waals surface area contributed by atoms with Gasteiger partial charge in [-0.3, -0.25) is 0 Å². The molecular weight excluding hydrogens is 275 g/mol. The van der Waals surface area contributed by atoms with Crippen molar-refractivity contribution in [1.82, 2.24) is 4.57 Å². The van der Waals surface area contributed by atoms with Crippen molar-refractivity contribution in [2.24, 2.45) is 7.05 Å². The van der Waals surface area contributed by atoms with Crippen molar-refractivity contribution in [1.29, 1.82) is 0 Å². The first-order valence-electron chi connectivity index (χ1n) is 3.95. The van der Waals surface area contributed by atoms with Gasteiger partial charge in [-0.05, 0) is 12.1 Å². The van der Waals surface area contributed by atoms with Gasteiger partial charge in [-0.2, -0.15) is 0 Å². The van der Waals surface area contributed by atoms with Crippen LogP contribution in [0, 0.1) is 0 Å². The van der Waals surface area contributed by atoms with Gasteiger partial charge in [0.15, 0.2) is 12.4 Å². The molecule has 0 amide bonds. The molecule has 0 aliphatic heterocycles. The van der Waals surface area contributed by atoms with E-state index in [1.54, 1.807) is 0 Å². The van der Waals surface area contributed by atoms with E-state index in [4.69, 9.17) is 0 Å². The number of nitrogens with zero attached hydrogens (tertiary/aromatic N) is 2. The Bertz CT molecular complexity index is 351. The maximum absolute atomic E-state index is 2.08. The molecule has 0 saturated carbocycles. The number of halogens is 1. The van der Waals surface area contributed by atoms with Gasteiger partial charge in [-0.25, -0.2) is 4.57 Å². The highest BCUT2D eigenvalue weighted by molar-refractivity contribution is 5.28. The second-order valence-corrected chi connectivity index (χ2v) is 2.81. The van der Waals surface area contributed by atoms with Crippen LogP contribution in [0.3, 0.4) is 0 Å². The van der Waals surface area contributed by atoms with Crippen LogP contribution in [-0.2, 0) is 7.05 Å². The lowest BCUT2D eigenvalue weighted by Crippen LogP contribution is -3.00. The van der Waals surface area contributed by atoms with E-state index in [2.05, 4.69) is 16.7 Å². The Labute approximate surface area is 94.8 Å². The molecule has 0 bridgehead atoms. The lowest BCUT2D eigenvalue weighted by Gasteiger charge is -1.99. The van der Waals surface area contributed by atoms with Crippen molar-refractivity contribution in [2.45, 2.75) is 0 Å². The smallest absolute Gasteiger partial charge is 0.170 e. The zero-order valence-electron chi connectivity index (χ0n) is 7.39. The second-order valence-electron chi connectivity index (χ2n) is 2.81. The summed E-state index contributed by atoms with van der Waals surface area (Å²) >= 11 is 0. The largest absolute Gasteiger partial charge is 1.00 e. The quantitative estimate of drug-likeness (QED) is 0.437. The van der Waals surface area contributed by atoms with Gasteiger partial charge < -0.3 is 28.5 Å². The van der Waals surface area contributed by atoms with E-state index >= 15 is 0 Å². The highest BCUT2D eigenvalue weighted by atomic mass is 127. The minimum atomic E-state index is 0. The van der Waals surface area contributed by atoms with E-state index in [0.29, 0.717) is 0 Å². The molecule has 0 aliphatic carbocycles. The van der Waals surface area contributed by atoms with Gasteiger partial charge in [0.2, 0.25) is 0 Å². The van der Waals surface area contributed by atoms with E-state index < -0.39 is 0 Å². The van der Waals surface area contributed by atoms with Gasteiger partial charge in [0, 0.05) is 24.5 Å². The van der Waals surface area contributed by atoms with Crippen molar-refractivity contribution in [3.05, 3.63) is 49.1 Å². The third-order valence-electron chi connectivity index (χ3n) is 1.86. The zero-order chi connectivity index (χ0) is 8.39. The number of hydrogen-bond donors (Lipinski definition) is 0. The summed E-state index contributed by atoms with van der Waals surface area (Å²) in [6, 6.07) is 8.21. The summed E-state index contributed by atoms with van der Waals surface area (Å²) in [5.74, 6) is 0. The summed E-state index contributed by atoms with van der Waals surface area (Å²) in [7, 11) is 2.01. The summed E-state index contributed by atoms with van der Waals surface area (Å²) in [4.78, 5) is 0. The predicted molar refractivity (Wildman–Crippen MR) is 46.9 cm³/mol. The molecule has 68 valence electrons. The summed E-state index contributed by atoms with van der Waals surface area (Å²) in [6.45, 7) is 0. The molecule has 0 aliphatic rings. The Balaban J connectivity index is 0.000000845. The Morgan fingerprint density at radius 2 is 1.62 bits per heavy atom. The van der Waals surface area contributed by atoms with Crippen molar-refractivity contribution in [3.8, 4) is 5.69 Å². The average Bonchev–Trinajstić information content (AvgIpc) is 2.58. The fraction of sp³-hybridized carbons (Fsp3) is 0.100. The average molecular weight is 286 g/mol. The Kier molecular flexibility index (Phi) is 3.48. The van der Waals surface area contributed by atoms with Crippen molar-refractivity contribution in [2.75, 3.05) is 0 Å². The number of rotatable bonds is 1. The molecule has 2 rings (SSSR count). The third kappa shape index (κ3) is 2.30. The van der Waals surface area contributed by atoms with Crippen LogP contribution in [0.4, 0.5) is 0 Å². The Morgan fingerprint density at radius 3 is 2.15 bits per heavy atom. The van der Waals surface area contributed by atoms with Gasteiger partial charge in [0.25, 0.3) is 0 Å². The first-order valence-corrected chi connectivity index (χ1v) is 3.95. The predicted octanol–water partition coefficient (Wildman–Crippen LogP) is -1.69. The molecule has 3 heteroatoms. The number of pyridine rings is 1. The summed E-state index contributed by atoms with van der Waals surface area (Å²) in [6.07, 6.45) is 8.15. The van der Waals surface area contributed by atoms with Crippen LogP contribution in [0.25, 0.3) is 5.69 Å². The molecule has 2 nitrogen and oxygen atoms in total. The van der Waals surface area contributed by atoms with Crippen LogP contribution in [0.2, 0.25) is 0 Å². The molecule has 0 N–H and O–H groups in total. The van der Waals surface area contributed by atoms with E-state index in [-0.39, 0.29) is 24.0 Å². The van der Waals surface area contributed by atoms with E-state index in [9.17, 15) is 0 Å². The topological polar surface area (TPSA) is 8.81 Å². The minimum Gasteiger partial charge on any atom is -1.00 e. The molecule has 2 heterocycles. The Hall–Kier alpha value is -0.840. The van der Waals surface area contributed by atoms with Gasteiger partial charge >= 0.3 is 0 Å². The molecule has 13 heavy (non-hydrogen) atoms. The van der Waals surface area contributed by atoms with Gasteiger partial charge in [-0.15, -0.1) is 0 Å². The second kappa shape index (κ2) is 4.41. The van der Waals surface area contributed by atoms with Crippen LogP contribution in [0.1, 0.15) is 0 Å². The molecule has 0 saturated heterocycles. The minimum absolute atomic E-state index is 0. The van der Waals surface area contributed by atoms with Gasteiger partial charge in [0.05, 0.1) is 5.69 Å².